The van der Waals surface area contributed by atoms with Gasteiger partial charge in [-0.3, -0.25) is 0 Å². The Labute approximate surface area is 134 Å². The molecule has 3 rings (SSSR count). The lowest BCUT2D eigenvalue weighted by molar-refractivity contribution is 0.283. The molecule has 0 bridgehead atoms. The molecule has 1 aromatic carbocycles. The Balaban J connectivity index is 1.65. The van der Waals surface area contributed by atoms with Crippen molar-refractivity contribution in [2.75, 3.05) is 31.2 Å². The standard InChI is InChI=1S/C15H19FN4O2S/c1-23(21,22)20-7-5-11(6-8-20)9-17-15-12-3-2-4-13(16)14(12)18-10-19-15/h2-4,10-11H,5-9H2,1H3,(H,17,18,19). The Kier molecular flexibility index (Phi) is 4.45. The highest BCUT2D eigenvalue weighted by Crippen LogP contribution is 2.23. The highest BCUT2D eigenvalue weighted by atomic mass is 32.2. The molecule has 1 aliphatic heterocycles. The van der Waals surface area contributed by atoms with Crippen molar-refractivity contribution in [1.82, 2.24) is 14.3 Å². The van der Waals surface area contributed by atoms with Crippen LogP contribution in [0.1, 0.15) is 12.8 Å². The van der Waals surface area contributed by atoms with Gasteiger partial charge >= 0.3 is 0 Å². The molecule has 2 heterocycles. The fraction of sp³-hybridized carbons (Fsp3) is 0.467. The number of para-hydroxylation sites is 1. The number of benzene rings is 1. The number of nitrogens with one attached hydrogen (secondary N) is 1. The van der Waals surface area contributed by atoms with E-state index in [2.05, 4.69) is 15.3 Å². The molecule has 6 nitrogen and oxygen atoms in total. The van der Waals surface area contributed by atoms with E-state index >= 15 is 0 Å². The van der Waals surface area contributed by atoms with Gasteiger partial charge in [-0.05, 0) is 30.9 Å². The van der Waals surface area contributed by atoms with Gasteiger partial charge in [0.15, 0.2) is 0 Å². The summed E-state index contributed by atoms with van der Waals surface area (Å²) in [5.74, 6) is 0.612. The first kappa shape index (κ1) is 16.1. The summed E-state index contributed by atoms with van der Waals surface area (Å²) in [6.45, 7) is 1.77. The molecule has 1 saturated heterocycles. The van der Waals surface area contributed by atoms with Crippen molar-refractivity contribution in [3.63, 3.8) is 0 Å². The zero-order valence-corrected chi connectivity index (χ0v) is 13.7. The summed E-state index contributed by atoms with van der Waals surface area (Å²) in [7, 11) is -3.10. The highest BCUT2D eigenvalue weighted by Gasteiger charge is 2.24. The molecule has 1 aliphatic rings. The molecule has 1 aromatic heterocycles. The lowest BCUT2D eigenvalue weighted by Crippen LogP contribution is -2.39. The predicted molar refractivity (Wildman–Crippen MR) is 87.1 cm³/mol. The zero-order valence-electron chi connectivity index (χ0n) is 12.9. The largest absolute Gasteiger partial charge is 0.369 e. The van der Waals surface area contributed by atoms with Crippen LogP contribution in [0.15, 0.2) is 24.5 Å². The molecule has 0 atom stereocenters. The second kappa shape index (κ2) is 6.37. The van der Waals surface area contributed by atoms with Crippen LogP contribution in [0.3, 0.4) is 0 Å². The molecule has 0 spiro atoms. The van der Waals surface area contributed by atoms with Crippen molar-refractivity contribution in [3.05, 3.63) is 30.3 Å². The van der Waals surface area contributed by atoms with Gasteiger partial charge in [-0.15, -0.1) is 0 Å². The number of halogens is 1. The summed E-state index contributed by atoms with van der Waals surface area (Å²) < 4.78 is 38.3. The van der Waals surface area contributed by atoms with Gasteiger partial charge in [-0.25, -0.2) is 27.1 Å². The molecular formula is C15H19FN4O2S. The van der Waals surface area contributed by atoms with E-state index < -0.39 is 10.0 Å². The van der Waals surface area contributed by atoms with Crippen LogP contribution >= 0.6 is 0 Å². The first-order chi connectivity index (χ1) is 10.9. The number of hydrogen-bond acceptors (Lipinski definition) is 5. The van der Waals surface area contributed by atoms with Crippen LogP contribution in [0, 0.1) is 11.7 Å². The minimum Gasteiger partial charge on any atom is -0.369 e. The number of hydrogen-bond donors (Lipinski definition) is 1. The maximum Gasteiger partial charge on any atom is 0.211 e. The number of aromatic nitrogens is 2. The first-order valence-electron chi connectivity index (χ1n) is 7.53. The monoisotopic (exact) mass is 338 g/mol. The van der Waals surface area contributed by atoms with Gasteiger partial charge in [-0.2, -0.15) is 0 Å². The number of anilines is 1. The predicted octanol–water partition coefficient (Wildman–Crippen LogP) is 1.85. The van der Waals surface area contributed by atoms with E-state index in [4.69, 9.17) is 0 Å². The SMILES string of the molecule is CS(=O)(=O)N1CCC(CNc2ncnc3c(F)cccc23)CC1. The second-order valence-electron chi connectivity index (χ2n) is 5.84. The highest BCUT2D eigenvalue weighted by molar-refractivity contribution is 7.88. The van der Waals surface area contributed by atoms with E-state index in [9.17, 15) is 12.8 Å². The summed E-state index contributed by atoms with van der Waals surface area (Å²) in [6, 6.07) is 4.80. The lowest BCUT2D eigenvalue weighted by atomic mass is 9.98. The van der Waals surface area contributed by atoms with Gasteiger partial charge in [0.1, 0.15) is 23.5 Å². The average molecular weight is 338 g/mol. The fourth-order valence-electron chi connectivity index (χ4n) is 2.88. The van der Waals surface area contributed by atoms with Crippen LogP contribution in [0.4, 0.5) is 10.2 Å². The Bertz CT molecular complexity index is 804. The minimum absolute atomic E-state index is 0.303. The minimum atomic E-state index is -3.10. The Hall–Kier alpha value is -1.80. The van der Waals surface area contributed by atoms with E-state index in [1.54, 1.807) is 12.1 Å². The molecule has 8 heteroatoms. The van der Waals surface area contributed by atoms with Crippen molar-refractivity contribution in [3.8, 4) is 0 Å². The molecule has 2 aromatic rings. The summed E-state index contributed by atoms with van der Waals surface area (Å²) in [5.41, 5.74) is 0.303. The number of fused-ring (bicyclic) bond motifs is 1. The second-order valence-corrected chi connectivity index (χ2v) is 7.83. The van der Waals surface area contributed by atoms with E-state index in [0.29, 0.717) is 42.3 Å². The third kappa shape index (κ3) is 3.59. The molecule has 0 saturated carbocycles. The van der Waals surface area contributed by atoms with Crippen molar-refractivity contribution >= 4 is 26.7 Å². The number of nitrogens with zero attached hydrogens (tertiary/aromatic N) is 3. The quantitative estimate of drug-likeness (QED) is 0.921. The van der Waals surface area contributed by atoms with Crippen molar-refractivity contribution in [1.29, 1.82) is 0 Å². The van der Waals surface area contributed by atoms with E-state index in [0.717, 1.165) is 12.8 Å². The van der Waals surface area contributed by atoms with Gasteiger partial charge in [0.25, 0.3) is 0 Å². The zero-order chi connectivity index (χ0) is 16.4. The number of piperidine rings is 1. The van der Waals surface area contributed by atoms with E-state index in [1.165, 1.54) is 23.0 Å². The Morgan fingerprint density at radius 3 is 2.74 bits per heavy atom. The Morgan fingerprint density at radius 1 is 1.30 bits per heavy atom. The number of sulfonamides is 1. The van der Waals surface area contributed by atoms with Crippen molar-refractivity contribution in [2.45, 2.75) is 12.8 Å². The van der Waals surface area contributed by atoms with Crippen LogP contribution in [-0.4, -0.2) is 48.6 Å². The average Bonchev–Trinajstić information content (AvgIpc) is 2.53. The summed E-state index contributed by atoms with van der Waals surface area (Å²) >= 11 is 0. The van der Waals surface area contributed by atoms with Gasteiger partial charge in [-0.1, -0.05) is 6.07 Å². The smallest absolute Gasteiger partial charge is 0.211 e. The summed E-state index contributed by atoms with van der Waals surface area (Å²) in [4.78, 5) is 8.17. The van der Waals surface area contributed by atoms with Crippen molar-refractivity contribution in [2.24, 2.45) is 5.92 Å². The molecule has 124 valence electrons. The maximum atomic E-state index is 13.7. The van der Waals surface area contributed by atoms with Crippen LogP contribution in [0.25, 0.3) is 10.9 Å². The fourth-order valence-corrected chi connectivity index (χ4v) is 3.75. The van der Waals surface area contributed by atoms with Crippen LogP contribution in [0.5, 0.6) is 0 Å². The molecule has 1 fully saturated rings. The summed E-state index contributed by atoms with van der Waals surface area (Å²) in [5, 5.41) is 3.91. The normalized spacial score (nSPS) is 17.5. The molecule has 1 N–H and O–H groups in total. The molecule has 0 unspecified atom stereocenters. The molecule has 0 aliphatic carbocycles. The van der Waals surface area contributed by atoms with Crippen LogP contribution in [-0.2, 0) is 10.0 Å². The van der Waals surface area contributed by atoms with Gasteiger partial charge in [0.2, 0.25) is 10.0 Å². The molecular weight excluding hydrogens is 319 g/mol. The van der Waals surface area contributed by atoms with E-state index in [-0.39, 0.29) is 5.82 Å². The topological polar surface area (TPSA) is 75.2 Å². The molecule has 0 amide bonds. The molecule has 23 heavy (non-hydrogen) atoms. The molecule has 0 radical (unpaired) electrons. The van der Waals surface area contributed by atoms with Gasteiger partial charge in [0.05, 0.1) is 6.26 Å². The van der Waals surface area contributed by atoms with E-state index in [1.807, 2.05) is 0 Å². The van der Waals surface area contributed by atoms with Crippen LogP contribution in [0.2, 0.25) is 0 Å². The third-order valence-corrected chi connectivity index (χ3v) is 5.52. The maximum absolute atomic E-state index is 13.7. The van der Waals surface area contributed by atoms with Crippen LogP contribution < -0.4 is 5.32 Å². The summed E-state index contributed by atoms with van der Waals surface area (Å²) in [6.07, 6.45) is 4.20. The lowest BCUT2D eigenvalue weighted by Gasteiger charge is -2.30. The van der Waals surface area contributed by atoms with Crippen molar-refractivity contribution < 1.29 is 12.8 Å². The van der Waals surface area contributed by atoms with Gasteiger partial charge < -0.3 is 5.32 Å². The third-order valence-electron chi connectivity index (χ3n) is 4.22. The van der Waals surface area contributed by atoms with Gasteiger partial charge in [0, 0.05) is 25.0 Å². The number of rotatable bonds is 4. The first-order valence-corrected chi connectivity index (χ1v) is 9.38. The Morgan fingerprint density at radius 2 is 2.04 bits per heavy atom.